The largest absolute Gasteiger partial charge is 0.462 e. The number of allylic oxidation sites excluding steroid dienone is 12. The topological polar surface area (TPSA) is 78.9 Å². The average molecular weight is 879 g/mol. The minimum Gasteiger partial charge on any atom is -0.462 e. The Kier molecular flexibility index (Phi) is 48.9. The molecule has 0 spiro atoms. The number of hydrogen-bond donors (Lipinski definition) is 0. The van der Waals surface area contributed by atoms with Crippen molar-refractivity contribution in [2.24, 2.45) is 0 Å². The molecule has 362 valence electrons. The lowest BCUT2D eigenvalue weighted by Gasteiger charge is -2.18. The molecule has 0 rings (SSSR count). The molecule has 63 heavy (non-hydrogen) atoms. The van der Waals surface area contributed by atoms with E-state index < -0.39 is 6.10 Å². The minimum atomic E-state index is -0.815. The van der Waals surface area contributed by atoms with Crippen LogP contribution < -0.4 is 0 Å². The van der Waals surface area contributed by atoms with Crippen molar-refractivity contribution in [3.05, 3.63) is 72.9 Å². The third-order valence-electron chi connectivity index (χ3n) is 11.2. The van der Waals surface area contributed by atoms with Crippen molar-refractivity contribution in [2.45, 2.75) is 258 Å². The Labute approximate surface area is 389 Å². The minimum absolute atomic E-state index is 0.108. The molecule has 0 aliphatic carbocycles. The Morgan fingerprint density at radius 1 is 0.333 bits per heavy atom. The summed E-state index contributed by atoms with van der Waals surface area (Å²) in [6.45, 7) is 6.43. The molecule has 0 fully saturated rings. The maximum atomic E-state index is 12.8. The second-order valence-corrected chi connectivity index (χ2v) is 17.4. The van der Waals surface area contributed by atoms with Crippen LogP contribution in [0.1, 0.15) is 252 Å². The summed E-state index contributed by atoms with van der Waals surface area (Å²) in [6.07, 6.45) is 64.9. The van der Waals surface area contributed by atoms with Crippen molar-refractivity contribution in [1.82, 2.24) is 0 Å². The van der Waals surface area contributed by atoms with E-state index in [-0.39, 0.29) is 37.5 Å². The van der Waals surface area contributed by atoms with Gasteiger partial charge in [-0.05, 0) is 103 Å². The summed E-state index contributed by atoms with van der Waals surface area (Å²) < 4.78 is 16.7. The molecule has 0 aliphatic rings. The Morgan fingerprint density at radius 3 is 1.06 bits per heavy atom. The summed E-state index contributed by atoms with van der Waals surface area (Å²) in [5.74, 6) is -1.00. The van der Waals surface area contributed by atoms with E-state index in [0.717, 1.165) is 70.6 Å². The van der Waals surface area contributed by atoms with Crippen LogP contribution in [0.15, 0.2) is 72.9 Å². The number of carbonyl (C=O) groups excluding carboxylic acids is 3. The molecule has 0 aromatic rings. The molecule has 0 aromatic carbocycles. The fraction of sp³-hybridized carbons (Fsp3) is 0.737. The number of unbranched alkanes of at least 4 members (excludes halogenated alkanes) is 24. The van der Waals surface area contributed by atoms with Crippen LogP contribution in [-0.2, 0) is 28.6 Å². The molecule has 0 aromatic heterocycles. The first kappa shape index (κ1) is 59.9. The van der Waals surface area contributed by atoms with Crippen LogP contribution in [0.25, 0.3) is 0 Å². The molecule has 0 N–H and O–H groups in total. The number of carbonyl (C=O) groups is 3. The quantitative estimate of drug-likeness (QED) is 0.0262. The SMILES string of the molecule is CC/C=C\C/C=C\CCCCC(=O)OCC(COC(=O)CCCCCCCCC/C=C\CCCCCCCCCC)OC(=O)CCC/C=C\C/C=C\C/C=C\CCCCCCCC. The molecular weight excluding hydrogens is 781 g/mol. The zero-order valence-corrected chi connectivity index (χ0v) is 41.3. The highest BCUT2D eigenvalue weighted by atomic mass is 16.6. The third kappa shape index (κ3) is 49.7. The standard InChI is InChI=1S/C57H98O6/c1-4-7-10-13-16-19-21-23-25-27-28-30-31-33-35-38-41-44-47-50-56(59)62-53-54(52-61-55(58)49-46-43-40-37-18-15-12-9-6-3)63-57(60)51-48-45-42-39-36-34-32-29-26-24-22-20-17-14-11-8-5-2/h9,12,18,24,26-28,32,34,37,39,42,54H,4-8,10-11,13-17,19-23,25,29-31,33,35-36,38,40-41,43-53H2,1-3H3/b12-9-,26-24-,28-27-,34-32-,37-18-,42-39-. The number of esters is 3. The zero-order valence-electron chi connectivity index (χ0n) is 41.3. The highest BCUT2D eigenvalue weighted by molar-refractivity contribution is 5.71. The Bertz CT molecular complexity index is 1190. The number of ether oxygens (including phenoxy) is 3. The molecule has 1 atom stereocenters. The first-order valence-corrected chi connectivity index (χ1v) is 26.4. The van der Waals surface area contributed by atoms with E-state index in [2.05, 4.69) is 93.7 Å². The van der Waals surface area contributed by atoms with Crippen molar-refractivity contribution in [3.63, 3.8) is 0 Å². The van der Waals surface area contributed by atoms with Crippen LogP contribution in [0.5, 0.6) is 0 Å². The molecule has 0 heterocycles. The molecular formula is C57H98O6. The summed E-state index contributed by atoms with van der Waals surface area (Å²) in [5, 5.41) is 0. The lowest BCUT2D eigenvalue weighted by molar-refractivity contribution is -0.167. The third-order valence-corrected chi connectivity index (χ3v) is 11.2. The van der Waals surface area contributed by atoms with Gasteiger partial charge in [0.1, 0.15) is 13.2 Å². The predicted octanol–water partition coefficient (Wildman–Crippen LogP) is 17.4. The van der Waals surface area contributed by atoms with Gasteiger partial charge in [0.05, 0.1) is 0 Å². The molecule has 0 radical (unpaired) electrons. The van der Waals surface area contributed by atoms with Crippen LogP contribution in [0.3, 0.4) is 0 Å². The van der Waals surface area contributed by atoms with E-state index in [1.807, 2.05) is 0 Å². The van der Waals surface area contributed by atoms with Gasteiger partial charge in [-0.3, -0.25) is 14.4 Å². The van der Waals surface area contributed by atoms with E-state index in [0.29, 0.717) is 19.3 Å². The number of hydrogen-bond acceptors (Lipinski definition) is 6. The second-order valence-electron chi connectivity index (χ2n) is 17.4. The van der Waals surface area contributed by atoms with Gasteiger partial charge < -0.3 is 14.2 Å². The highest BCUT2D eigenvalue weighted by Gasteiger charge is 2.19. The van der Waals surface area contributed by atoms with Gasteiger partial charge in [0.25, 0.3) is 0 Å². The summed E-state index contributed by atoms with van der Waals surface area (Å²) in [6, 6.07) is 0. The van der Waals surface area contributed by atoms with Gasteiger partial charge in [-0.2, -0.15) is 0 Å². The highest BCUT2D eigenvalue weighted by Crippen LogP contribution is 2.14. The molecule has 1 unspecified atom stereocenters. The lowest BCUT2D eigenvalue weighted by atomic mass is 10.1. The van der Waals surface area contributed by atoms with Crippen molar-refractivity contribution in [2.75, 3.05) is 13.2 Å². The molecule has 0 amide bonds. The van der Waals surface area contributed by atoms with Crippen molar-refractivity contribution in [1.29, 1.82) is 0 Å². The molecule has 0 bridgehead atoms. The second kappa shape index (κ2) is 51.5. The van der Waals surface area contributed by atoms with Crippen LogP contribution in [-0.4, -0.2) is 37.2 Å². The van der Waals surface area contributed by atoms with E-state index in [1.165, 1.54) is 135 Å². The van der Waals surface area contributed by atoms with Crippen LogP contribution in [0.4, 0.5) is 0 Å². The lowest BCUT2D eigenvalue weighted by Crippen LogP contribution is -2.30. The molecule has 6 heteroatoms. The maximum Gasteiger partial charge on any atom is 0.306 e. The summed E-state index contributed by atoms with van der Waals surface area (Å²) in [4.78, 5) is 37.9. The van der Waals surface area contributed by atoms with Crippen LogP contribution in [0, 0.1) is 0 Å². The van der Waals surface area contributed by atoms with Gasteiger partial charge in [0.2, 0.25) is 0 Å². The van der Waals surface area contributed by atoms with Gasteiger partial charge in [0.15, 0.2) is 6.10 Å². The predicted molar refractivity (Wildman–Crippen MR) is 270 cm³/mol. The first-order valence-electron chi connectivity index (χ1n) is 26.4. The molecule has 0 saturated heterocycles. The molecule has 0 saturated carbocycles. The maximum absolute atomic E-state index is 12.8. The monoisotopic (exact) mass is 879 g/mol. The summed E-state index contributed by atoms with van der Waals surface area (Å²) >= 11 is 0. The van der Waals surface area contributed by atoms with Gasteiger partial charge in [-0.25, -0.2) is 0 Å². The van der Waals surface area contributed by atoms with Crippen LogP contribution in [0.2, 0.25) is 0 Å². The smallest absolute Gasteiger partial charge is 0.306 e. The van der Waals surface area contributed by atoms with Gasteiger partial charge in [-0.1, -0.05) is 203 Å². The zero-order chi connectivity index (χ0) is 45.8. The fourth-order valence-corrected chi connectivity index (χ4v) is 7.20. The fourth-order valence-electron chi connectivity index (χ4n) is 7.20. The van der Waals surface area contributed by atoms with Crippen molar-refractivity contribution >= 4 is 17.9 Å². The van der Waals surface area contributed by atoms with Gasteiger partial charge >= 0.3 is 17.9 Å². The molecule has 6 nitrogen and oxygen atoms in total. The van der Waals surface area contributed by atoms with E-state index in [1.54, 1.807) is 0 Å². The number of rotatable bonds is 47. The Morgan fingerprint density at radius 2 is 0.635 bits per heavy atom. The molecule has 0 aliphatic heterocycles. The summed E-state index contributed by atoms with van der Waals surface area (Å²) in [7, 11) is 0. The Hall–Kier alpha value is -3.15. The summed E-state index contributed by atoms with van der Waals surface area (Å²) in [5.41, 5.74) is 0. The van der Waals surface area contributed by atoms with Gasteiger partial charge in [0, 0.05) is 19.3 Å². The van der Waals surface area contributed by atoms with Gasteiger partial charge in [-0.15, -0.1) is 0 Å². The van der Waals surface area contributed by atoms with E-state index in [9.17, 15) is 14.4 Å². The van der Waals surface area contributed by atoms with E-state index >= 15 is 0 Å². The first-order chi connectivity index (χ1) is 31.0. The average Bonchev–Trinajstić information content (AvgIpc) is 3.28. The van der Waals surface area contributed by atoms with Crippen molar-refractivity contribution < 1.29 is 28.6 Å². The van der Waals surface area contributed by atoms with Crippen LogP contribution >= 0.6 is 0 Å². The van der Waals surface area contributed by atoms with Crippen molar-refractivity contribution in [3.8, 4) is 0 Å². The Balaban J connectivity index is 4.39. The van der Waals surface area contributed by atoms with E-state index in [4.69, 9.17) is 14.2 Å². The normalized spacial score (nSPS) is 12.6.